The summed E-state index contributed by atoms with van der Waals surface area (Å²) >= 11 is 1.06. The average Bonchev–Trinajstić information content (AvgIpc) is 3.47. The van der Waals surface area contributed by atoms with E-state index in [1.807, 2.05) is 0 Å². The topological polar surface area (TPSA) is 68.3 Å². The molecule has 1 saturated heterocycles. The van der Waals surface area contributed by atoms with Crippen molar-refractivity contribution in [1.29, 1.82) is 0 Å². The summed E-state index contributed by atoms with van der Waals surface area (Å²) in [5.74, 6) is 0.504. The quantitative estimate of drug-likeness (QED) is 0.464. The molecule has 0 bridgehead atoms. The van der Waals surface area contributed by atoms with Crippen LogP contribution in [0.2, 0.25) is 0 Å². The van der Waals surface area contributed by atoms with E-state index in [1.165, 1.54) is 22.6 Å². The fourth-order valence-electron chi connectivity index (χ4n) is 3.41. The van der Waals surface area contributed by atoms with Gasteiger partial charge in [0.1, 0.15) is 12.3 Å². The highest BCUT2D eigenvalue weighted by molar-refractivity contribution is 7.98. The summed E-state index contributed by atoms with van der Waals surface area (Å²) in [6, 6.07) is 11.7. The van der Waals surface area contributed by atoms with E-state index in [0.717, 1.165) is 29.2 Å². The van der Waals surface area contributed by atoms with Crippen molar-refractivity contribution in [2.24, 2.45) is 0 Å². The van der Waals surface area contributed by atoms with E-state index in [9.17, 15) is 21.6 Å². The number of hydrogen-bond acceptors (Lipinski definition) is 5. The first kappa shape index (κ1) is 22.0. The normalized spacial score (nSPS) is 15.6. The summed E-state index contributed by atoms with van der Waals surface area (Å²) in [7, 11) is -3.68. The van der Waals surface area contributed by atoms with Crippen molar-refractivity contribution < 1.29 is 26.0 Å². The maximum atomic E-state index is 13.2. The van der Waals surface area contributed by atoms with Gasteiger partial charge >= 0.3 is 6.18 Å². The van der Waals surface area contributed by atoms with Gasteiger partial charge < -0.3 is 8.98 Å². The second-order valence-electron chi connectivity index (χ2n) is 7.11. The van der Waals surface area contributed by atoms with Crippen LogP contribution in [0.15, 0.2) is 63.3 Å². The number of aromatic nitrogens is 2. The molecule has 0 saturated carbocycles. The van der Waals surface area contributed by atoms with Crippen molar-refractivity contribution in [3.05, 3.63) is 54.4 Å². The first-order valence-electron chi connectivity index (χ1n) is 9.63. The van der Waals surface area contributed by atoms with Gasteiger partial charge in [0.25, 0.3) is 10.0 Å². The molecular weight excluding hydrogens is 451 g/mol. The number of benzene rings is 1. The number of alkyl halides is 3. The molecule has 6 nitrogen and oxygen atoms in total. The van der Waals surface area contributed by atoms with Crippen LogP contribution in [0.25, 0.3) is 11.3 Å². The van der Waals surface area contributed by atoms with E-state index in [1.54, 1.807) is 30.3 Å². The first-order chi connectivity index (χ1) is 14.7. The lowest BCUT2D eigenvalue weighted by molar-refractivity contribution is -0.141. The van der Waals surface area contributed by atoms with Gasteiger partial charge in [-0.3, -0.25) is 0 Å². The van der Waals surface area contributed by atoms with Gasteiger partial charge in [-0.25, -0.2) is 13.4 Å². The third-order valence-electron chi connectivity index (χ3n) is 4.87. The molecule has 0 atom stereocenters. The maximum Gasteiger partial charge on any atom is 0.406 e. The van der Waals surface area contributed by atoms with Gasteiger partial charge in [-0.1, -0.05) is 42.1 Å². The van der Waals surface area contributed by atoms with Gasteiger partial charge in [-0.2, -0.15) is 17.5 Å². The summed E-state index contributed by atoms with van der Waals surface area (Å²) in [5.41, 5.74) is 0.986. The Morgan fingerprint density at radius 3 is 2.45 bits per heavy atom. The molecular formula is C20H20F3N3O3S2. The van der Waals surface area contributed by atoms with E-state index in [2.05, 4.69) is 4.98 Å². The van der Waals surface area contributed by atoms with Crippen molar-refractivity contribution in [2.45, 2.75) is 41.6 Å². The van der Waals surface area contributed by atoms with Gasteiger partial charge in [0.2, 0.25) is 5.09 Å². The van der Waals surface area contributed by atoms with Gasteiger partial charge in [-0.05, 0) is 30.5 Å². The molecule has 1 aliphatic heterocycles. The second kappa shape index (κ2) is 8.71. The Kier molecular flexibility index (Phi) is 6.18. The third kappa shape index (κ3) is 4.99. The smallest absolute Gasteiger partial charge is 0.406 e. The molecule has 0 N–H and O–H groups in total. The van der Waals surface area contributed by atoms with Crippen LogP contribution in [0.3, 0.4) is 0 Å². The zero-order valence-electron chi connectivity index (χ0n) is 16.4. The van der Waals surface area contributed by atoms with Crippen LogP contribution in [0.4, 0.5) is 13.2 Å². The molecule has 3 aromatic rings. The highest BCUT2D eigenvalue weighted by Gasteiger charge is 2.32. The predicted octanol–water partition coefficient (Wildman–Crippen LogP) is 4.78. The Morgan fingerprint density at radius 2 is 1.77 bits per heavy atom. The molecule has 2 aromatic heterocycles. The number of halogens is 3. The van der Waals surface area contributed by atoms with Crippen molar-refractivity contribution in [1.82, 2.24) is 13.9 Å². The zero-order valence-corrected chi connectivity index (χ0v) is 18.0. The Labute approximate surface area is 182 Å². The predicted molar refractivity (Wildman–Crippen MR) is 110 cm³/mol. The van der Waals surface area contributed by atoms with Crippen LogP contribution in [0.1, 0.15) is 18.6 Å². The van der Waals surface area contributed by atoms with Crippen LogP contribution in [-0.2, 0) is 22.3 Å². The van der Waals surface area contributed by atoms with E-state index in [-0.39, 0.29) is 16.0 Å². The van der Waals surface area contributed by atoms with Crippen LogP contribution < -0.4 is 0 Å². The summed E-state index contributed by atoms with van der Waals surface area (Å²) in [6.45, 7) is -0.249. The van der Waals surface area contributed by atoms with Crippen molar-refractivity contribution in [3.8, 4) is 11.3 Å². The number of imidazole rings is 1. The molecule has 1 aromatic carbocycles. The molecule has 1 fully saturated rings. The molecule has 4 rings (SSSR count). The van der Waals surface area contributed by atoms with Gasteiger partial charge in [0, 0.05) is 13.1 Å². The highest BCUT2D eigenvalue weighted by Crippen LogP contribution is 2.32. The summed E-state index contributed by atoms with van der Waals surface area (Å²) < 4.78 is 72.7. The van der Waals surface area contributed by atoms with Crippen molar-refractivity contribution >= 4 is 21.8 Å². The van der Waals surface area contributed by atoms with Crippen molar-refractivity contribution in [3.63, 3.8) is 0 Å². The number of nitrogens with zero attached hydrogens (tertiary/aromatic N) is 3. The minimum absolute atomic E-state index is 0.145. The summed E-state index contributed by atoms with van der Waals surface area (Å²) in [6.07, 6.45) is -1.38. The summed E-state index contributed by atoms with van der Waals surface area (Å²) in [5, 5.41) is 0.0325. The molecule has 0 radical (unpaired) electrons. The SMILES string of the molecule is O=S(=O)(c1ccc(CSc2ncc(-c3ccccc3)n2CC(F)(F)F)o1)N1CCCC1. The maximum absolute atomic E-state index is 13.2. The van der Waals surface area contributed by atoms with E-state index in [4.69, 9.17) is 4.42 Å². The molecule has 31 heavy (non-hydrogen) atoms. The van der Waals surface area contributed by atoms with Crippen molar-refractivity contribution in [2.75, 3.05) is 13.1 Å². The molecule has 0 aliphatic carbocycles. The second-order valence-corrected chi connectivity index (χ2v) is 9.93. The third-order valence-corrected chi connectivity index (χ3v) is 7.65. The molecule has 0 unspecified atom stereocenters. The Bertz CT molecular complexity index is 1140. The average molecular weight is 472 g/mol. The Balaban J connectivity index is 1.54. The van der Waals surface area contributed by atoms with Crippen LogP contribution in [0.5, 0.6) is 0 Å². The molecule has 1 aliphatic rings. The minimum atomic E-state index is -4.42. The number of thioether (sulfide) groups is 1. The number of furan rings is 1. The zero-order chi connectivity index (χ0) is 22.1. The fourth-order valence-corrected chi connectivity index (χ4v) is 5.73. The lowest BCUT2D eigenvalue weighted by Crippen LogP contribution is -2.27. The number of hydrogen-bond donors (Lipinski definition) is 0. The highest BCUT2D eigenvalue weighted by atomic mass is 32.2. The lowest BCUT2D eigenvalue weighted by atomic mass is 10.2. The molecule has 0 amide bonds. The van der Waals surface area contributed by atoms with Crippen LogP contribution in [-0.4, -0.2) is 41.5 Å². The monoisotopic (exact) mass is 471 g/mol. The molecule has 11 heteroatoms. The van der Waals surface area contributed by atoms with Gasteiger partial charge in [-0.15, -0.1) is 0 Å². The number of rotatable bonds is 7. The molecule has 166 valence electrons. The fraction of sp³-hybridized carbons (Fsp3) is 0.350. The standard InChI is InChI=1S/C20H20F3N3O3S2/c21-20(22,23)14-26-17(15-6-2-1-3-7-15)12-24-19(26)30-13-16-8-9-18(29-16)31(27,28)25-10-4-5-11-25/h1-3,6-9,12H,4-5,10-11,13-14H2. The van der Waals surface area contributed by atoms with Gasteiger partial charge in [0.05, 0.1) is 17.6 Å². The lowest BCUT2D eigenvalue weighted by Gasteiger charge is -2.14. The minimum Gasteiger partial charge on any atom is -0.447 e. The van der Waals surface area contributed by atoms with Crippen LogP contribution >= 0.6 is 11.8 Å². The first-order valence-corrected chi connectivity index (χ1v) is 12.1. The van der Waals surface area contributed by atoms with E-state index in [0.29, 0.717) is 30.1 Å². The molecule has 3 heterocycles. The van der Waals surface area contributed by atoms with E-state index >= 15 is 0 Å². The number of sulfonamides is 1. The Morgan fingerprint density at radius 1 is 1.06 bits per heavy atom. The Hall–Kier alpha value is -2.24. The van der Waals surface area contributed by atoms with E-state index < -0.39 is 22.7 Å². The molecule has 0 spiro atoms. The summed E-state index contributed by atoms with van der Waals surface area (Å²) in [4.78, 5) is 4.17. The van der Waals surface area contributed by atoms with Crippen LogP contribution in [0, 0.1) is 0 Å². The largest absolute Gasteiger partial charge is 0.447 e. The van der Waals surface area contributed by atoms with Gasteiger partial charge in [0.15, 0.2) is 5.16 Å².